The van der Waals surface area contributed by atoms with Gasteiger partial charge in [0.1, 0.15) is 23.3 Å². The van der Waals surface area contributed by atoms with Gasteiger partial charge in [-0.3, -0.25) is 0 Å². The van der Waals surface area contributed by atoms with Crippen LogP contribution in [0, 0.1) is 26.6 Å². The summed E-state index contributed by atoms with van der Waals surface area (Å²) in [4.78, 5) is 8.89. The van der Waals surface area contributed by atoms with Gasteiger partial charge < -0.3 is 10.6 Å². The van der Waals surface area contributed by atoms with Crippen molar-refractivity contribution in [3.8, 4) is 0 Å². The fourth-order valence-electron chi connectivity index (χ4n) is 2.89. The highest BCUT2D eigenvalue weighted by atomic mass is 19.1. The van der Waals surface area contributed by atoms with Crippen molar-refractivity contribution in [3.63, 3.8) is 0 Å². The number of nitrogens with one attached hydrogen (secondary N) is 2. The van der Waals surface area contributed by atoms with Crippen LogP contribution in [0.25, 0.3) is 0 Å². The third-order valence-electron chi connectivity index (χ3n) is 4.23. The maximum Gasteiger partial charge on any atom is 0.136 e. The lowest BCUT2D eigenvalue weighted by molar-refractivity contribution is 0.610. The molecule has 0 amide bonds. The average molecular weight is 350 g/mol. The largest absolute Gasteiger partial charge is 0.370 e. The van der Waals surface area contributed by atoms with E-state index in [1.165, 1.54) is 6.07 Å². The van der Waals surface area contributed by atoms with Gasteiger partial charge in [-0.15, -0.1) is 0 Å². The minimum atomic E-state index is -0.175. The monoisotopic (exact) mass is 350 g/mol. The van der Waals surface area contributed by atoms with E-state index in [-0.39, 0.29) is 5.82 Å². The summed E-state index contributed by atoms with van der Waals surface area (Å²) in [5.74, 6) is 1.96. The molecule has 0 saturated heterocycles. The van der Waals surface area contributed by atoms with Crippen molar-refractivity contribution >= 4 is 17.3 Å². The fraction of sp³-hybridized carbons (Fsp3) is 0.238. The van der Waals surface area contributed by atoms with E-state index in [2.05, 4.69) is 46.6 Å². The van der Waals surface area contributed by atoms with Crippen LogP contribution in [0.2, 0.25) is 0 Å². The maximum absolute atomic E-state index is 13.7. The molecule has 4 nitrogen and oxygen atoms in total. The van der Waals surface area contributed by atoms with E-state index in [1.807, 2.05) is 25.1 Å². The van der Waals surface area contributed by atoms with E-state index < -0.39 is 0 Å². The van der Waals surface area contributed by atoms with Gasteiger partial charge in [0.15, 0.2) is 0 Å². The first-order valence-electron chi connectivity index (χ1n) is 8.69. The zero-order valence-electron chi connectivity index (χ0n) is 15.3. The lowest BCUT2D eigenvalue weighted by atomic mass is 10.1. The Balaban J connectivity index is 1.71. The Labute approximate surface area is 153 Å². The lowest BCUT2D eigenvalue weighted by Gasteiger charge is -2.14. The highest BCUT2D eigenvalue weighted by molar-refractivity contribution is 5.65. The SMILES string of the molecule is Cc1nc(NCCc2ccccc2F)cc(Nc2c(C)cccc2C)n1. The Hall–Kier alpha value is -2.95. The normalized spacial score (nSPS) is 10.6. The molecule has 0 fully saturated rings. The molecule has 0 aliphatic carbocycles. The minimum Gasteiger partial charge on any atom is -0.370 e. The highest BCUT2D eigenvalue weighted by Gasteiger charge is 2.07. The number of rotatable bonds is 6. The molecule has 0 aliphatic heterocycles. The van der Waals surface area contributed by atoms with Gasteiger partial charge in [0.25, 0.3) is 0 Å². The Kier molecular flexibility index (Phi) is 5.46. The van der Waals surface area contributed by atoms with Crippen LogP contribution < -0.4 is 10.6 Å². The Bertz CT molecular complexity index is 888. The molecule has 0 atom stereocenters. The third-order valence-corrected chi connectivity index (χ3v) is 4.23. The zero-order chi connectivity index (χ0) is 18.5. The van der Waals surface area contributed by atoms with E-state index >= 15 is 0 Å². The first-order chi connectivity index (χ1) is 12.5. The molecule has 3 aromatic rings. The summed E-state index contributed by atoms with van der Waals surface area (Å²) in [7, 11) is 0. The van der Waals surface area contributed by atoms with Crippen LogP contribution in [0.15, 0.2) is 48.5 Å². The molecular formula is C21H23FN4. The molecule has 2 N–H and O–H groups in total. The van der Waals surface area contributed by atoms with Gasteiger partial charge in [-0.1, -0.05) is 36.4 Å². The van der Waals surface area contributed by atoms with E-state index in [0.29, 0.717) is 24.4 Å². The molecule has 0 unspecified atom stereocenters. The van der Waals surface area contributed by atoms with Crippen LogP contribution in [0.1, 0.15) is 22.5 Å². The van der Waals surface area contributed by atoms with Crippen LogP contribution in [0.3, 0.4) is 0 Å². The predicted molar refractivity (Wildman–Crippen MR) is 105 cm³/mol. The molecule has 134 valence electrons. The van der Waals surface area contributed by atoms with Gasteiger partial charge >= 0.3 is 0 Å². The number of anilines is 3. The van der Waals surface area contributed by atoms with Crippen molar-refractivity contribution in [1.29, 1.82) is 0 Å². The molecule has 0 spiro atoms. The Morgan fingerprint density at radius 3 is 2.31 bits per heavy atom. The molecule has 3 rings (SSSR count). The molecule has 2 aromatic carbocycles. The van der Waals surface area contributed by atoms with E-state index in [0.717, 1.165) is 28.5 Å². The van der Waals surface area contributed by atoms with Gasteiger partial charge in [0.05, 0.1) is 0 Å². The number of hydrogen-bond acceptors (Lipinski definition) is 4. The number of hydrogen-bond donors (Lipinski definition) is 2. The predicted octanol–water partition coefficient (Wildman–Crippen LogP) is 4.94. The van der Waals surface area contributed by atoms with Crippen LogP contribution in [-0.2, 0) is 6.42 Å². The van der Waals surface area contributed by atoms with Gasteiger partial charge in [0, 0.05) is 18.3 Å². The molecule has 1 aromatic heterocycles. The fourth-order valence-corrected chi connectivity index (χ4v) is 2.89. The number of para-hydroxylation sites is 1. The quantitative estimate of drug-likeness (QED) is 0.661. The molecule has 0 saturated carbocycles. The van der Waals surface area contributed by atoms with Gasteiger partial charge in [-0.05, 0) is 49.9 Å². The number of halogens is 1. The Morgan fingerprint density at radius 2 is 1.58 bits per heavy atom. The summed E-state index contributed by atoms with van der Waals surface area (Å²) < 4.78 is 13.7. The standard InChI is InChI=1S/C21H23FN4/c1-14-7-6-8-15(2)21(14)26-20-13-19(24-16(3)25-20)23-12-11-17-9-4-5-10-18(17)22/h4-10,13H,11-12H2,1-3H3,(H2,23,24,25,26). The van der Waals surface area contributed by atoms with Crippen molar-refractivity contribution in [1.82, 2.24) is 9.97 Å². The van der Waals surface area contributed by atoms with Gasteiger partial charge in [-0.2, -0.15) is 0 Å². The second-order valence-electron chi connectivity index (χ2n) is 6.35. The number of benzene rings is 2. The van der Waals surface area contributed by atoms with Gasteiger partial charge in [-0.25, -0.2) is 14.4 Å². The summed E-state index contributed by atoms with van der Waals surface area (Å²) in [5.41, 5.74) is 4.08. The van der Waals surface area contributed by atoms with Gasteiger partial charge in [0.2, 0.25) is 0 Å². The first kappa shape index (κ1) is 17.9. The van der Waals surface area contributed by atoms with Crippen molar-refractivity contribution < 1.29 is 4.39 Å². The van der Waals surface area contributed by atoms with Crippen LogP contribution in [-0.4, -0.2) is 16.5 Å². The molecule has 26 heavy (non-hydrogen) atoms. The topological polar surface area (TPSA) is 49.8 Å². The van der Waals surface area contributed by atoms with Crippen LogP contribution >= 0.6 is 0 Å². The third kappa shape index (κ3) is 4.36. The summed E-state index contributed by atoms with van der Waals surface area (Å²) in [6.07, 6.45) is 0.593. The minimum absolute atomic E-state index is 0.175. The second-order valence-corrected chi connectivity index (χ2v) is 6.35. The number of aryl methyl sites for hydroxylation is 3. The maximum atomic E-state index is 13.7. The smallest absolute Gasteiger partial charge is 0.136 e. The first-order valence-corrected chi connectivity index (χ1v) is 8.69. The van der Waals surface area contributed by atoms with Crippen LogP contribution in [0.5, 0.6) is 0 Å². The van der Waals surface area contributed by atoms with Crippen molar-refractivity contribution in [2.45, 2.75) is 27.2 Å². The lowest BCUT2D eigenvalue weighted by Crippen LogP contribution is -2.09. The Morgan fingerprint density at radius 1 is 0.885 bits per heavy atom. The van der Waals surface area contributed by atoms with Crippen molar-refractivity contribution in [3.05, 3.63) is 76.9 Å². The van der Waals surface area contributed by atoms with E-state index in [4.69, 9.17) is 0 Å². The molecule has 0 radical (unpaired) electrons. The van der Waals surface area contributed by atoms with E-state index in [9.17, 15) is 4.39 Å². The summed E-state index contributed by atoms with van der Waals surface area (Å²) in [6.45, 7) is 6.59. The molecule has 0 bridgehead atoms. The molecule has 0 aliphatic rings. The number of aromatic nitrogens is 2. The second kappa shape index (κ2) is 7.95. The molecule has 1 heterocycles. The van der Waals surface area contributed by atoms with E-state index in [1.54, 1.807) is 12.1 Å². The summed E-state index contributed by atoms with van der Waals surface area (Å²) >= 11 is 0. The molecular weight excluding hydrogens is 327 g/mol. The van der Waals surface area contributed by atoms with Crippen molar-refractivity contribution in [2.24, 2.45) is 0 Å². The van der Waals surface area contributed by atoms with Crippen molar-refractivity contribution in [2.75, 3.05) is 17.2 Å². The molecule has 5 heteroatoms. The zero-order valence-corrected chi connectivity index (χ0v) is 15.3. The average Bonchev–Trinajstić information content (AvgIpc) is 2.60. The summed E-state index contributed by atoms with van der Waals surface area (Å²) in [5, 5.41) is 6.65. The summed E-state index contributed by atoms with van der Waals surface area (Å²) in [6, 6.07) is 14.9. The number of nitrogens with zero attached hydrogens (tertiary/aromatic N) is 2. The highest BCUT2D eigenvalue weighted by Crippen LogP contribution is 2.24. The van der Waals surface area contributed by atoms with Crippen LogP contribution in [0.4, 0.5) is 21.7 Å².